The largest absolute Gasteiger partial charge is 0.299 e. The lowest BCUT2D eigenvalue weighted by Gasteiger charge is -2.30. The SMILES string of the molecule is CN1CC(c2ccccc2F)(c2cccnc2C2CC2)C=N1. The molecule has 1 unspecified atom stereocenters. The normalized spacial score (nSPS) is 24.0. The van der Waals surface area contributed by atoms with Crippen LogP contribution in [0.1, 0.15) is 35.6 Å². The fourth-order valence-electron chi connectivity index (χ4n) is 3.39. The van der Waals surface area contributed by atoms with E-state index in [1.54, 1.807) is 6.07 Å². The van der Waals surface area contributed by atoms with Gasteiger partial charge < -0.3 is 0 Å². The Balaban J connectivity index is 1.94. The van der Waals surface area contributed by atoms with Gasteiger partial charge in [-0.15, -0.1) is 0 Å². The summed E-state index contributed by atoms with van der Waals surface area (Å²) in [6, 6.07) is 11.0. The zero-order valence-electron chi connectivity index (χ0n) is 12.5. The molecule has 0 bridgehead atoms. The van der Waals surface area contributed by atoms with Gasteiger partial charge in [0.15, 0.2) is 0 Å². The van der Waals surface area contributed by atoms with Crippen LogP contribution in [0.4, 0.5) is 4.39 Å². The Bertz CT molecular complexity index is 739. The molecule has 0 N–H and O–H groups in total. The maximum atomic E-state index is 14.5. The van der Waals surface area contributed by atoms with E-state index >= 15 is 0 Å². The van der Waals surface area contributed by atoms with E-state index < -0.39 is 5.41 Å². The molecule has 1 aromatic carbocycles. The molecule has 1 fully saturated rings. The molecule has 1 atom stereocenters. The van der Waals surface area contributed by atoms with E-state index in [4.69, 9.17) is 0 Å². The van der Waals surface area contributed by atoms with Crippen molar-refractivity contribution in [3.05, 3.63) is 65.2 Å². The van der Waals surface area contributed by atoms with Gasteiger partial charge in [-0.05, 0) is 30.5 Å². The van der Waals surface area contributed by atoms with Gasteiger partial charge in [-0.25, -0.2) is 4.39 Å². The molecule has 2 aromatic rings. The molecule has 1 saturated carbocycles. The number of benzene rings is 1. The molecule has 1 aliphatic carbocycles. The zero-order valence-corrected chi connectivity index (χ0v) is 12.5. The molecule has 2 aliphatic rings. The first-order valence-electron chi connectivity index (χ1n) is 7.67. The number of pyridine rings is 1. The summed E-state index contributed by atoms with van der Waals surface area (Å²) in [5.41, 5.74) is 2.33. The first-order valence-corrected chi connectivity index (χ1v) is 7.67. The molecule has 1 aliphatic heterocycles. The van der Waals surface area contributed by atoms with Crippen molar-refractivity contribution >= 4 is 6.21 Å². The van der Waals surface area contributed by atoms with E-state index in [1.807, 2.05) is 42.7 Å². The van der Waals surface area contributed by atoms with Crippen LogP contribution >= 0.6 is 0 Å². The van der Waals surface area contributed by atoms with Gasteiger partial charge in [-0.1, -0.05) is 24.3 Å². The molecule has 0 saturated heterocycles. The molecule has 112 valence electrons. The molecule has 3 nitrogen and oxygen atoms in total. The van der Waals surface area contributed by atoms with Crippen LogP contribution in [0.2, 0.25) is 0 Å². The van der Waals surface area contributed by atoms with E-state index in [0.717, 1.165) is 11.3 Å². The number of aromatic nitrogens is 1. The van der Waals surface area contributed by atoms with Gasteiger partial charge >= 0.3 is 0 Å². The van der Waals surface area contributed by atoms with E-state index in [0.29, 0.717) is 18.0 Å². The average molecular weight is 295 g/mol. The Morgan fingerprint density at radius 1 is 1.14 bits per heavy atom. The van der Waals surface area contributed by atoms with Gasteiger partial charge in [0.1, 0.15) is 5.82 Å². The Labute approximate surface area is 129 Å². The second-order valence-electron chi connectivity index (χ2n) is 6.22. The predicted octanol–water partition coefficient (Wildman–Crippen LogP) is 3.32. The minimum Gasteiger partial charge on any atom is -0.299 e. The van der Waals surface area contributed by atoms with E-state index in [9.17, 15) is 4.39 Å². The predicted molar refractivity (Wildman–Crippen MR) is 84.5 cm³/mol. The number of hydrogen-bond donors (Lipinski definition) is 0. The highest BCUT2D eigenvalue weighted by Gasteiger charge is 2.43. The van der Waals surface area contributed by atoms with Crippen molar-refractivity contribution < 1.29 is 4.39 Å². The van der Waals surface area contributed by atoms with E-state index in [-0.39, 0.29) is 5.82 Å². The third-order valence-corrected chi connectivity index (χ3v) is 4.59. The van der Waals surface area contributed by atoms with Crippen molar-refractivity contribution in [2.45, 2.75) is 24.2 Å². The summed E-state index contributed by atoms with van der Waals surface area (Å²) in [6.45, 7) is 0.638. The minimum atomic E-state index is -0.549. The number of nitrogens with zero attached hydrogens (tertiary/aromatic N) is 3. The van der Waals surface area contributed by atoms with Crippen LogP contribution in [0.15, 0.2) is 47.7 Å². The van der Waals surface area contributed by atoms with Crippen LogP contribution in [0, 0.1) is 5.82 Å². The summed E-state index contributed by atoms with van der Waals surface area (Å²) in [4.78, 5) is 4.61. The van der Waals surface area contributed by atoms with Gasteiger partial charge in [0.2, 0.25) is 0 Å². The molecular formula is C18H18FN3. The molecule has 2 heterocycles. The van der Waals surface area contributed by atoms with Crippen molar-refractivity contribution in [3.8, 4) is 0 Å². The molecule has 4 heteroatoms. The van der Waals surface area contributed by atoms with Crippen LogP contribution in [-0.2, 0) is 5.41 Å². The third-order valence-electron chi connectivity index (χ3n) is 4.59. The lowest BCUT2D eigenvalue weighted by Crippen LogP contribution is -2.36. The number of halogens is 1. The third kappa shape index (κ3) is 2.02. The maximum absolute atomic E-state index is 14.5. The highest BCUT2D eigenvalue weighted by molar-refractivity contribution is 5.82. The van der Waals surface area contributed by atoms with Crippen molar-refractivity contribution in [1.29, 1.82) is 0 Å². The number of hydrazone groups is 1. The summed E-state index contributed by atoms with van der Waals surface area (Å²) >= 11 is 0. The minimum absolute atomic E-state index is 0.185. The van der Waals surface area contributed by atoms with Crippen molar-refractivity contribution in [2.75, 3.05) is 13.6 Å². The summed E-state index contributed by atoms with van der Waals surface area (Å²) in [5.74, 6) is 0.328. The number of rotatable bonds is 3. The molecule has 4 rings (SSSR count). The van der Waals surface area contributed by atoms with Crippen molar-refractivity contribution in [3.63, 3.8) is 0 Å². The van der Waals surface area contributed by atoms with E-state index in [1.165, 1.54) is 18.9 Å². The summed E-state index contributed by atoms with van der Waals surface area (Å²) < 4.78 is 14.5. The highest BCUT2D eigenvalue weighted by atomic mass is 19.1. The second-order valence-corrected chi connectivity index (χ2v) is 6.22. The molecule has 0 radical (unpaired) electrons. The standard InChI is InChI=1S/C18H18FN3/c1-22-12-18(11-21-22,14-5-2-3-7-16(14)19)15-6-4-10-20-17(15)13-8-9-13/h2-7,10-11,13H,8-9,12H2,1H3. The molecule has 22 heavy (non-hydrogen) atoms. The first-order chi connectivity index (χ1) is 10.7. The Hall–Kier alpha value is -2.23. The second kappa shape index (κ2) is 4.90. The van der Waals surface area contributed by atoms with Crippen LogP contribution in [0.5, 0.6) is 0 Å². The molecule has 0 amide bonds. The Morgan fingerprint density at radius 3 is 2.59 bits per heavy atom. The fourth-order valence-corrected chi connectivity index (χ4v) is 3.39. The van der Waals surface area contributed by atoms with Gasteiger partial charge in [0.05, 0.1) is 12.0 Å². The Kier molecular flexibility index (Phi) is 2.99. The molecule has 0 spiro atoms. The lowest BCUT2D eigenvalue weighted by atomic mass is 9.74. The first kappa shape index (κ1) is 13.4. The van der Waals surface area contributed by atoms with Gasteiger partial charge in [-0.2, -0.15) is 5.10 Å². The monoisotopic (exact) mass is 295 g/mol. The number of likely N-dealkylation sites (N-methyl/N-ethyl adjacent to an activating group) is 1. The van der Waals surface area contributed by atoms with Crippen molar-refractivity contribution in [1.82, 2.24) is 9.99 Å². The summed E-state index contributed by atoms with van der Waals surface area (Å²) in [5, 5.41) is 6.29. The molecule has 1 aromatic heterocycles. The van der Waals surface area contributed by atoms with Crippen LogP contribution < -0.4 is 0 Å². The number of hydrogen-bond acceptors (Lipinski definition) is 3. The smallest absolute Gasteiger partial charge is 0.127 e. The van der Waals surface area contributed by atoms with Crippen LogP contribution in [0.25, 0.3) is 0 Å². The highest BCUT2D eigenvalue weighted by Crippen LogP contribution is 2.46. The van der Waals surface area contributed by atoms with E-state index in [2.05, 4.69) is 16.2 Å². The van der Waals surface area contributed by atoms with Crippen molar-refractivity contribution in [2.24, 2.45) is 5.10 Å². The zero-order chi connectivity index (χ0) is 15.2. The summed E-state index contributed by atoms with van der Waals surface area (Å²) in [6.07, 6.45) is 6.06. The van der Waals surface area contributed by atoms with Gasteiger partial charge in [0, 0.05) is 36.6 Å². The topological polar surface area (TPSA) is 28.5 Å². The lowest BCUT2D eigenvalue weighted by molar-refractivity contribution is 0.352. The fraction of sp³-hybridized carbons (Fsp3) is 0.333. The molecular weight excluding hydrogens is 277 g/mol. The van der Waals surface area contributed by atoms with Gasteiger partial charge in [-0.3, -0.25) is 9.99 Å². The average Bonchev–Trinajstić information content (AvgIpc) is 3.31. The van der Waals surface area contributed by atoms with Crippen LogP contribution in [0.3, 0.4) is 0 Å². The maximum Gasteiger partial charge on any atom is 0.127 e. The Morgan fingerprint density at radius 2 is 1.91 bits per heavy atom. The van der Waals surface area contributed by atoms with Gasteiger partial charge in [0.25, 0.3) is 0 Å². The van der Waals surface area contributed by atoms with Crippen LogP contribution in [-0.4, -0.2) is 29.8 Å². The quantitative estimate of drug-likeness (QED) is 0.869. The summed E-state index contributed by atoms with van der Waals surface area (Å²) in [7, 11) is 1.92.